The maximum absolute atomic E-state index is 10.1. The highest BCUT2D eigenvalue weighted by atomic mass is 16.3. The van der Waals surface area contributed by atoms with Gasteiger partial charge in [-0.15, -0.1) is 0 Å². The zero-order valence-corrected chi connectivity index (χ0v) is 12.5. The molecule has 0 amide bonds. The van der Waals surface area contributed by atoms with E-state index in [1.807, 2.05) is 18.2 Å². The van der Waals surface area contributed by atoms with E-state index in [-0.39, 0.29) is 6.04 Å². The van der Waals surface area contributed by atoms with Crippen molar-refractivity contribution in [1.29, 1.82) is 0 Å². The molecule has 0 aliphatic carbocycles. The highest BCUT2D eigenvalue weighted by Gasteiger charge is 2.18. The van der Waals surface area contributed by atoms with E-state index in [0.29, 0.717) is 5.75 Å². The number of benzene rings is 2. The second kappa shape index (κ2) is 6.47. The summed E-state index contributed by atoms with van der Waals surface area (Å²) in [5.74, 6) is 0.372. The van der Waals surface area contributed by atoms with Crippen LogP contribution in [0.4, 0.5) is 5.69 Å². The highest BCUT2D eigenvalue weighted by Crippen LogP contribution is 2.33. The molecule has 0 radical (unpaired) electrons. The third-order valence-corrected chi connectivity index (χ3v) is 3.90. The summed E-state index contributed by atoms with van der Waals surface area (Å²) in [7, 11) is 2.08. The molecule has 0 spiro atoms. The number of phenolic OH excluding ortho intramolecular Hbond substituents is 1. The van der Waals surface area contributed by atoms with Crippen molar-refractivity contribution < 1.29 is 5.11 Å². The van der Waals surface area contributed by atoms with Crippen LogP contribution in [0.15, 0.2) is 48.5 Å². The van der Waals surface area contributed by atoms with E-state index >= 15 is 0 Å². The summed E-state index contributed by atoms with van der Waals surface area (Å²) < 4.78 is 0. The van der Waals surface area contributed by atoms with Crippen molar-refractivity contribution in [3.63, 3.8) is 0 Å². The molecule has 0 saturated carbocycles. The first-order valence-corrected chi connectivity index (χ1v) is 7.27. The van der Waals surface area contributed by atoms with E-state index in [1.165, 1.54) is 11.3 Å². The SMILES string of the molecule is CCc1ccc(N(C)C(CC)c2ccccc2O)cc1. The molecule has 1 atom stereocenters. The Morgan fingerprint density at radius 3 is 2.20 bits per heavy atom. The molecular formula is C18H23NO. The fourth-order valence-electron chi connectivity index (χ4n) is 2.62. The number of hydrogen-bond acceptors (Lipinski definition) is 2. The molecule has 2 nitrogen and oxygen atoms in total. The van der Waals surface area contributed by atoms with Gasteiger partial charge in [-0.25, -0.2) is 0 Å². The molecule has 0 aliphatic heterocycles. The molecule has 0 aromatic heterocycles. The number of aromatic hydroxyl groups is 1. The topological polar surface area (TPSA) is 23.5 Å². The van der Waals surface area contributed by atoms with Crippen LogP contribution >= 0.6 is 0 Å². The Balaban J connectivity index is 2.28. The molecule has 0 heterocycles. The second-order valence-electron chi connectivity index (χ2n) is 5.11. The largest absolute Gasteiger partial charge is 0.508 e. The van der Waals surface area contributed by atoms with Crippen LogP contribution in [0.25, 0.3) is 0 Å². The van der Waals surface area contributed by atoms with E-state index in [9.17, 15) is 5.11 Å². The highest BCUT2D eigenvalue weighted by molar-refractivity contribution is 5.50. The lowest BCUT2D eigenvalue weighted by molar-refractivity contribution is 0.458. The Morgan fingerprint density at radius 2 is 1.65 bits per heavy atom. The Bertz CT molecular complexity index is 548. The summed E-state index contributed by atoms with van der Waals surface area (Å²) >= 11 is 0. The Labute approximate surface area is 121 Å². The molecule has 2 rings (SSSR count). The third-order valence-electron chi connectivity index (χ3n) is 3.90. The molecule has 1 N–H and O–H groups in total. The minimum Gasteiger partial charge on any atom is -0.508 e. The molecule has 2 aromatic carbocycles. The van der Waals surface area contributed by atoms with Crippen LogP contribution in [0.5, 0.6) is 5.75 Å². The molecule has 0 bridgehead atoms. The van der Waals surface area contributed by atoms with E-state index < -0.39 is 0 Å². The summed E-state index contributed by atoms with van der Waals surface area (Å²) in [4.78, 5) is 2.23. The monoisotopic (exact) mass is 269 g/mol. The van der Waals surface area contributed by atoms with Crippen molar-refractivity contribution in [2.75, 3.05) is 11.9 Å². The molecule has 1 unspecified atom stereocenters. The zero-order chi connectivity index (χ0) is 14.5. The van der Waals surface area contributed by atoms with Gasteiger partial charge in [-0.05, 0) is 36.6 Å². The van der Waals surface area contributed by atoms with Crippen molar-refractivity contribution in [3.8, 4) is 5.75 Å². The molecule has 0 fully saturated rings. The van der Waals surface area contributed by atoms with Crippen molar-refractivity contribution in [2.24, 2.45) is 0 Å². The van der Waals surface area contributed by atoms with Gasteiger partial charge in [0.25, 0.3) is 0 Å². The smallest absolute Gasteiger partial charge is 0.120 e. The summed E-state index contributed by atoms with van der Waals surface area (Å²) in [6, 6.07) is 16.4. The summed E-state index contributed by atoms with van der Waals surface area (Å²) in [6.07, 6.45) is 2.00. The summed E-state index contributed by atoms with van der Waals surface area (Å²) in [6.45, 7) is 4.31. The van der Waals surface area contributed by atoms with Crippen molar-refractivity contribution >= 4 is 5.69 Å². The summed E-state index contributed by atoms with van der Waals surface area (Å²) in [5.41, 5.74) is 3.51. The number of phenols is 1. The van der Waals surface area contributed by atoms with Crippen LogP contribution in [-0.4, -0.2) is 12.2 Å². The molecule has 2 heteroatoms. The average molecular weight is 269 g/mol. The molecule has 20 heavy (non-hydrogen) atoms. The lowest BCUT2D eigenvalue weighted by atomic mass is 10.0. The van der Waals surface area contributed by atoms with Crippen molar-refractivity contribution in [3.05, 3.63) is 59.7 Å². The van der Waals surface area contributed by atoms with Gasteiger partial charge in [0.1, 0.15) is 5.75 Å². The first kappa shape index (κ1) is 14.4. The minimum absolute atomic E-state index is 0.184. The third kappa shape index (κ3) is 2.96. The predicted molar refractivity (Wildman–Crippen MR) is 85.4 cm³/mol. The van der Waals surface area contributed by atoms with Gasteiger partial charge in [0.05, 0.1) is 6.04 Å². The molecule has 106 valence electrons. The van der Waals surface area contributed by atoms with Crippen LogP contribution in [0, 0.1) is 0 Å². The normalized spacial score (nSPS) is 12.2. The number of nitrogens with zero attached hydrogens (tertiary/aromatic N) is 1. The van der Waals surface area contributed by atoms with Gasteiger partial charge in [-0.1, -0.05) is 44.2 Å². The first-order valence-electron chi connectivity index (χ1n) is 7.27. The number of anilines is 1. The van der Waals surface area contributed by atoms with Gasteiger partial charge >= 0.3 is 0 Å². The van der Waals surface area contributed by atoms with E-state index in [2.05, 4.69) is 50.1 Å². The van der Waals surface area contributed by atoms with Crippen LogP contribution in [0.1, 0.15) is 37.4 Å². The van der Waals surface area contributed by atoms with E-state index in [4.69, 9.17) is 0 Å². The quantitative estimate of drug-likeness (QED) is 0.861. The van der Waals surface area contributed by atoms with Gasteiger partial charge in [0, 0.05) is 18.3 Å². The second-order valence-corrected chi connectivity index (χ2v) is 5.11. The number of aryl methyl sites for hydroxylation is 1. The van der Waals surface area contributed by atoms with Gasteiger partial charge in [0.15, 0.2) is 0 Å². The number of rotatable bonds is 5. The molecule has 0 aliphatic rings. The fourth-order valence-corrected chi connectivity index (χ4v) is 2.62. The predicted octanol–water partition coefficient (Wildman–Crippen LogP) is 4.54. The Hall–Kier alpha value is -1.96. The summed E-state index contributed by atoms with van der Waals surface area (Å²) in [5, 5.41) is 10.1. The average Bonchev–Trinajstić information content (AvgIpc) is 2.50. The van der Waals surface area contributed by atoms with E-state index in [0.717, 1.165) is 18.4 Å². The van der Waals surface area contributed by atoms with Gasteiger partial charge in [0.2, 0.25) is 0 Å². The van der Waals surface area contributed by atoms with Gasteiger partial charge in [-0.3, -0.25) is 0 Å². The van der Waals surface area contributed by atoms with Gasteiger partial charge < -0.3 is 10.0 Å². The van der Waals surface area contributed by atoms with Gasteiger partial charge in [-0.2, -0.15) is 0 Å². The molecule has 2 aromatic rings. The maximum Gasteiger partial charge on any atom is 0.120 e. The molecular weight excluding hydrogens is 246 g/mol. The Kier molecular flexibility index (Phi) is 4.67. The standard InChI is InChI=1S/C18H23NO/c1-4-14-10-12-15(13-11-14)19(3)17(5-2)16-8-6-7-9-18(16)20/h6-13,17,20H,4-5H2,1-3H3. The van der Waals surface area contributed by atoms with Crippen LogP contribution in [-0.2, 0) is 6.42 Å². The number of hydrogen-bond donors (Lipinski definition) is 1. The van der Waals surface area contributed by atoms with Crippen molar-refractivity contribution in [1.82, 2.24) is 0 Å². The zero-order valence-electron chi connectivity index (χ0n) is 12.5. The lowest BCUT2D eigenvalue weighted by Crippen LogP contribution is -2.23. The minimum atomic E-state index is 0.184. The fraction of sp³-hybridized carbons (Fsp3) is 0.333. The molecule has 0 saturated heterocycles. The van der Waals surface area contributed by atoms with Crippen LogP contribution in [0.3, 0.4) is 0 Å². The van der Waals surface area contributed by atoms with Crippen LogP contribution < -0.4 is 4.90 Å². The van der Waals surface area contributed by atoms with E-state index in [1.54, 1.807) is 6.07 Å². The lowest BCUT2D eigenvalue weighted by Gasteiger charge is -2.30. The number of para-hydroxylation sites is 1. The maximum atomic E-state index is 10.1. The Morgan fingerprint density at radius 1 is 1.00 bits per heavy atom. The van der Waals surface area contributed by atoms with Crippen LogP contribution in [0.2, 0.25) is 0 Å². The first-order chi connectivity index (χ1) is 9.67. The van der Waals surface area contributed by atoms with Crippen molar-refractivity contribution in [2.45, 2.75) is 32.7 Å².